The number of benzene rings is 2. The summed E-state index contributed by atoms with van der Waals surface area (Å²) in [7, 11) is -3.57. The maximum atomic E-state index is 12.7. The molecule has 1 heterocycles. The summed E-state index contributed by atoms with van der Waals surface area (Å²) in [5.74, 6) is -0.192. The van der Waals surface area contributed by atoms with Crippen molar-refractivity contribution in [2.24, 2.45) is 0 Å². The van der Waals surface area contributed by atoms with Gasteiger partial charge >= 0.3 is 0 Å². The van der Waals surface area contributed by atoms with Crippen LogP contribution in [0.5, 0.6) is 0 Å². The Labute approximate surface area is 160 Å². The second-order valence-electron chi connectivity index (χ2n) is 5.84. The second-order valence-corrected chi connectivity index (χ2v) is 8.70. The molecule has 1 aliphatic heterocycles. The van der Waals surface area contributed by atoms with Gasteiger partial charge in [-0.1, -0.05) is 22.0 Å². The molecule has 1 saturated heterocycles. The maximum absolute atomic E-state index is 12.7. The van der Waals surface area contributed by atoms with E-state index in [4.69, 9.17) is 5.26 Å². The molecule has 26 heavy (non-hydrogen) atoms. The molecule has 1 fully saturated rings. The predicted octanol–water partition coefficient (Wildman–Crippen LogP) is 2.47. The minimum absolute atomic E-state index is 0.192. The van der Waals surface area contributed by atoms with Crippen LogP contribution in [0.1, 0.15) is 15.9 Å². The number of hydrogen-bond acceptors (Lipinski definition) is 4. The Hall–Kier alpha value is -2.21. The van der Waals surface area contributed by atoms with Gasteiger partial charge in [-0.2, -0.15) is 9.57 Å². The van der Waals surface area contributed by atoms with E-state index in [1.807, 2.05) is 6.07 Å². The minimum Gasteiger partial charge on any atom is -0.336 e. The summed E-state index contributed by atoms with van der Waals surface area (Å²) in [4.78, 5) is 14.4. The fourth-order valence-electron chi connectivity index (χ4n) is 2.79. The topological polar surface area (TPSA) is 81.5 Å². The summed E-state index contributed by atoms with van der Waals surface area (Å²) in [5.41, 5.74) is 0.862. The minimum atomic E-state index is -3.57. The Kier molecular flexibility index (Phi) is 5.41. The van der Waals surface area contributed by atoms with Crippen molar-refractivity contribution >= 4 is 31.9 Å². The zero-order valence-corrected chi connectivity index (χ0v) is 16.2. The fraction of sp³-hybridized carbons (Fsp3) is 0.222. The first kappa shape index (κ1) is 18.6. The number of nitrogens with zero attached hydrogens (tertiary/aromatic N) is 3. The monoisotopic (exact) mass is 433 g/mol. The number of sulfonamides is 1. The number of rotatable bonds is 3. The van der Waals surface area contributed by atoms with Gasteiger partial charge in [-0.15, -0.1) is 0 Å². The van der Waals surface area contributed by atoms with Gasteiger partial charge in [-0.3, -0.25) is 4.79 Å². The summed E-state index contributed by atoms with van der Waals surface area (Å²) < 4.78 is 27.6. The lowest BCUT2D eigenvalue weighted by Gasteiger charge is -2.34. The van der Waals surface area contributed by atoms with E-state index in [2.05, 4.69) is 15.9 Å². The molecule has 2 aromatic carbocycles. The highest BCUT2D eigenvalue weighted by Crippen LogP contribution is 2.20. The van der Waals surface area contributed by atoms with Crippen molar-refractivity contribution in [3.05, 3.63) is 64.1 Å². The Morgan fingerprint density at radius 3 is 2.31 bits per heavy atom. The Morgan fingerprint density at radius 2 is 1.69 bits per heavy atom. The molecule has 6 nitrogen and oxygen atoms in total. The number of hydrogen-bond donors (Lipinski definition) is 0. The number of halogens is 1. The van der Waals surface area contributed by atoms with E-state index in [0.29, 0.717) is 24.2 Å². The molecule has 0 unspecified atom stereocenters. The van der Waals surface area contributed by atoms with Crippen molar-refractivity contribution in [2.75, 3.05) is 26.2 Å². The van der Waals surface area contributed by atoms with E-state index in [9.17, 15) is 13.2 Å². The summed E-state index contributed by atoms with van der Waals surface area (Å²) in [6.07, 6.45) is 0. The van der Waals surface area contributed by atoms with Gasteiger partial charge < -0.3 is 4.90 Å². The highest BCUT2D eigenvalue weighted by atomic mass is 79.9. The molecule has 8 heteroatoms. The van der Waals surface area contributed by atoms with Crippen molar-refractivity contribution in [2.45, 2.75) is 4.90 Å². The molecule has 1 aliphatic rings. The maximum Gasteiger partial charge on any atom is 0.253 e. The van der Waals surface area contributed by atoms with E-state index in [-0.39, 0.29) is 23.9 Å². The van der Waals surface area contributed by atoms with E-state index in [0.717, 1.165) is 4.47 Å². The van der Waals surface area contributed by atoms with Gasteiger partial charge in [0.15, 0.2) is 0 Å². The Morgan fingerprint density at radius 1 is 1.04 bits per heavy atom. The van der Waals surface area contributed by atoms with Gasteiger partial charge in [-0.25, -0.2) is 8.42 Å². The highest BCUT2D eigenvalue weighted by Gasteiger charge is 2.30. The van der Waals surface area contributed by atoms with Crippen LogP contribution in [0.4, 0.5) is 0 Å². The molecule has 0 saturated carbocycles. The SMILES string of the molecule is N#Cc1cccc(C(=O)N2CCN(S(=O)(=O)c3ccc(Br)cc3)CC2)c1. The molecule has 0 radical (unpaired) electrons. The first-order valence-corrected chi connectivity index (χ1v) is 10.2. The Bertz CT molecular complexity index is 960. The van der Waals surface area contributed by atoms with Crippen molar-refractivity contribution in [1.29, 1.82) is 5.26 Å². The molecule has 134 valence electrons. The van der Waals surface area contributed by atoms with Crippen LogP contribution in [0.2, 0.25) is 0 Å². The number of carbonyl (C=O) groups excluding carboxylic acids is 1. The van der Waals surface area contributed by atoms with Crippen LogP contribution in [0.15, 0.2) is 57.9 Å². The lowest BCUT2D eigenvalue weighted by Crippen LogP contribution is -2.50. The van der Waals surface area contributed by atoms with Crippen LogP contribution in [-0.4, -0.2) is 49.7 Å². The summed E-state index contributed by atoms with van der Waals surface area (Å²) in [5, 5.41) is 8.95. The van der Waals surface area contributed by atoms with E-state index < -0.39 is 10.0 Å². The third-order valence-electron chi connectivity index (χ3n) is 4.22. The lowest BCUT2D eigenvalue weighted by molar-refractivity contribution is 0.0698. The molecule has 0 N–H and O–H groups in total. The molecule has 0 aliphatic carbocycles. The van der Waals surface area contributed by atoms with Gasteiger partial charge in [0, 0.05) is 36.2 Å². The molecule has 0 aromatic heterocycles. The average molecular weight is 434 g/mol. The molecule has 0 atom stereocenters. The second kappa shape index (κ2) is 7.58. The number of nitriles is 1. The number of carbonyl (C=O) groups is 1. The van der Waals surface area contributed by atoms with E-state index >= 15 is 0 Å². The first-order chi connectivity index (χ1) is 12.4. The van der Waals surface area contributed by atoms with Crippen LogP contribution in [0.25, 0.3) is 0 Å². The van der Waals surface area contributed by atoms with Crippen molar-refractivity contribution in [3.63, 3.8) is 0 Å². The number of piperazine rings is 1. The summed E-state index contributed by atoms with van der Waals surface area (Å²) in [6.45, 7) is 1.10. The standard InChI is InChI=1S/C18H16BrN3O3S/c19-16-4-6-17(7-5-16)26(24,25)22-10-8-21(9-11-22)18(23)15-3-1-2-14(12-15)13-20/h1-7,12H,8-11H2. The first-order valence-electron chi connectivity index (χ1n) is 7.97. The predicted molar refractivity (Wildman–Crippen MR) is 100.0 cm³/mol. The van der Waals surface area contributed by atoms with Crippen LogP contribution >= 0.6 is 15.9 Å². The Balaban J connectivity index is 1.69. The van der Waals surface area contributed by atoms with Crippen LogP contribution in [0, 0.1) is 11.3 Å². The van der Waals surface area contributed by atoms with Crippen molar-refractivity contribution < 1.29 is 13.2 Å². The molecular formula is C18H16BrN3O3S. The molecule has 1 amide bonds. The van der Waals surface area contributed by atoms with Crippen molar-refractivity contribution in [3.8, 4) is 6.07 Å². The molecule has 0 spiro atoms. The van der Waals surface area contributed by atoms with Crippen molar-refractivity contribution in [1.82, 2.24) is 9.21 Å². The largest absolute Gasteiger partial charge is 0.336 e. The smallest absolute Gasteiger partial charge is 0.253 e. The normalized spacial score (nSPS) is 15.5. The molecule has 0 bridgehead atoms. The van der Waals surface area contributed by atoms with E-state index in [1.54, 1.807) is 53.4 Å². The number of amides is 1. The summed E-state index contributed by atoms with van der Waals surface area (Å²) in [6, 6.07) is 15.0. The van der Waals surface area contributed by atoms with Gasteiger partial charge in [0.05, 0.1) is 16.5 Å². The third-order valence-corrected chi connectivity index (χ3v) is 6.66. The van der Waals surface area contributed by atoms with Crippen LogP contribution < -0.4 is 0 Å². The molecule has 3 rings (SSSR count). The lowest BCUT2D eigenvalue weighted by atomic mass is 10.1. The quantitative estimate of drug-likeness (QED) is 0.744. The van der Waals surface area contributed by atoms with Gasteiger partial charge in [0.1, 0.15) is 0 Å². The van der Waals surface area contributed by atoms with Gasteiger partial charge in [-0.05, 0) is 42.5 Å². The highest BCUT2D eigenvalue weighted by molar-refractivity contribution is 9.10. The zero-order chi connectivity index (χ0) is 18.7. The molecule has 2 aromatic rings. The fourth-order valence-corrected chi connectivity index (χ4v) is 4.48. The van der Waals surface area contributed by atoms with Gasteiger partial charge in [0.25, 0.3) is 5.91 Å². The van der Waals surface area contributed by atoms with Gasteiger partial charge in [0.2, 0.25) is 10.0 Å². The zero-order valence-electron chi connectivity index (χ0n) is 13.8. The third kappa shape index (κ3) is 3.80. The van der Waals surface area contributed by atoms with E-state index in [1.165, 1.54) is 4.31 Å². The molecular weight excluding hydrogens is 418 g/mol. The summed E-state index contributed by atoms with van der Waals surface area (Å²) >= 11 is 3.29. The van der Waals surface area contributed by atoms with Crippen LogP contribution in [-0.2, 0) is 10.0 Å². The van der Waals surface area contributed by atoms with Crippen LogP contribution in [0.3, 0.4) is 0 Å². The average Bonchev–Trinajstić information content (AvgIpc) is 2.68.